The summed E-state index contributed by atoms with van der Waals surface area (Å²) in [6.07, 6.45) is -6.20. The minimum Gasteiger partial charge on any atom is -0.387 e. The minimum atomic E-state index is -4.74. The lowest BCUT2D eigenvalue weighted by Crippen LogP contribution is -2.38. The number of hydrogen-bond acceptors (Lipinski definition) is 8. The van der Waals surface area contributed by atoms with Crippen LogP contribution in [0.15, 0.2) is 0 Å². The average molecular weight is 228 g/mol. The molecule has 1 aliphatic rings. The van der Waals surface area contributed by atoms with Gasteiger partial charge in [-0.2, -0.15) is 14.7 Å². The summed E-state index contributed by atoms with van der Waals surface area (Å²) in [5.74, 6) is 0. The number of ether oxygens (including phenoxy) is 1. The lowest BCUT2D eigenvalue weighted by molar-refractivity contribution is -0.127. The molecule has 1 heterocycles. The zero-order valence-electron chi connectivity index (χ0n) is 6.89. The lowest BCUT2D eigenvalue weighted by atomic mass is 10.1. The molecule has 0 aromatic carbocycles. The first-order chi connectivity index (χ1) is 6.25. The Morgan fingerprint density at radius 3 is 2.00 bits per heavy atom. The molecule has 0 aromatic rings. The summed E-state index contributed by atoms with van der Waals surface area (Å²) in [4.78, 5) is 36.8. The zero-order valence-corrected chi connectivity index (χ0v) is 7.78. The molecule has 0 saturated carbocycles. The zero-order chi connectivity index (χ0) is 11.1. The van der Waals surface area contributed by atoms with E-state index >= 15 is 0 Å². The Morgan fingerprint density at radius 2 is 1.71 bits per heavy atom. The van der Waals surface area contributed by atoms with Crippen molar-refractivity contribution in [2.24, 2.45) is 5.73 Å². The number of aliphatic hydroxyl groups is 2. The van der Waals surface area contributed by atoms with Crippen LogP contribution in [-0.2, 0) is 9.53 Å². The van der Waals surface area contributed by atoms with Gasteiger partial charge in [-0.1, -0.05) is 0 Å². The quantitative estimate of drug-likeness (QED) is 0.268. The predicted octanol–water partition coefficient (Wildman–Crippen LogP) is -3.34. The molecule has 1 unspecified atom stereocenters. The number of nitrogens with two attached hydrogens (primary N) is 1. The van der Waals surface area contributed by atoms with Crippen LogP contribution in [0.5, 0.6) is 0 Å². The molecule has 0 aliphatic carbocycles. The molecule has 14 heavy (non-hydrogen) atoms. The lowest BCUT2D eigenvalue weighted by Gasteiger charge is -2.11. The van der Waals surface area contributed by atoms with Gasteiger partial charge in [0.1, 0.15) is 18.4 Å². The molecule has 82 valence electrons. The Balaban J connectivity index is 2.77. The Bertz CT molecular complexity index is 241. The summed E-state index contributed by atoms with van der Waals surface area (Å²) < 4.78 is 4.55. The normalized spacial score (nSPS) is 38.7. The van der Waals surface area contributed by atoms with Crippen molar-refractivity contribution >= 4 is 13.5 Å². The van der Waals surface area contributed by atoms with Crippen LogP contribution in [0.4, 0.5) is 0 Å². The van der Waals surface area contributed by atoms with Crippen LogP contribution >= 0.6 is 7.94 Å². The first-order valence-corrected chi connectivity index (χ1v) is 5.28. The maximum Gasteiger partial charge on any atom is 0.481 e. The monoisotopic (exact) mass is 228 g/mol. The Morgan fingerprint density at radius 1 is 1.21 bits per heavy atom. The molecule has 7 N–H and O–H groups in total. The van der Waals surface area contributed by atoms with Gasteiger partial charge in [0.2, 0.25) is 0 Å². The third-order valence-electron chi connectivity index (χ3n) is 1.84. The molecule has 1 fully saturated rings. The Kier molecular flexibility index (Phi) is 3.20. The summed E-state index contributed by atoms with van der Waals surface area (Å²) >= 11 is 0. The van der Waals surface area contributed by atoms with Gasteiger partial charge in [0, 0.05) is 0 Å². The van der Waals surface area contributed by atoms with Crippen molar-refractivity contribution in [2.45, 2.75) is 24.5 Å². The second kappa shape index (κ2) is 3.76. The van der Waals surface area contributed by atoms with Crippen LogP contribution in [0.25, 0.3) is 0 Å². The van der Waals surface area contributed by atoms with Crippen LogP contribution in [0.2, 0.25) is 0 Å². The average Bonchev–Trinajstić information content (AvgIpc) is 2.30. The van der Waals surface area contributed by atoms with E-state index in [1.54, 1.807) is 0 Å². The van der Waals surface area contributed by atoms with Gasteiger partial charge < -0.3 is 20.7 Å². The number of aliphatic hydroxyl groups excluding tert-OH is 2. The first kappa shape index (κ1) is 11.9. The molecule has 0 aromatic heterocycles. The summed E-state index contributed by atoms with van der Waals surface area (Å²) in [5, 5.41) is 18.2. The van der Waals surface area contributed by atoms with E-state index in [2.05, 4.69) is 4.74 Å². The third-order valence-corrected chi connectivity index (χ3v) is 2.69. The maximum atomic E-state index is 11.0. The molecule has 9 heteroatoms. The predicted molar refractivity (Wildman–Crippen MR) is 43.4 cm³/mol. The van der Waals surface area contributed by atoms with Crippen LogP contribution in [0, 0.1) is 0 Å². The molecule has 8 nitrogen and oxygen atoms in total. The highest BCUT2D eigenvalue weighted by molar-refractivity contribution is 7.76. The fourth-order valence-corrected chi connectivity index (χ4v) is 1.63. The highest BCUT2D eigenvalue weighted by Gasteiger charge is 2.56. The molecule has 1 aliphatic heterocycles. The summed E-state index contributed by atoms with van der Waals surface area (Å²) in [7, 11) is -4.74. The van der Waals surface area contributed by atoms with E-state index in [1.807, 2.05) is 0 Å². The molecule has 1 saturated heterocycles. The van der Waals surface area contributed by atoms with Crippen LogP contribution in [0.3, 0.4) is 0 Å². The maximum absolute atomic E-state index is 11.0. The molecule has 1 rings (SSSR count). The third kappa shape index (κ3) is 2.08. The van der Waals surface area contributed by atoms with E-state index < -0.39 is 38.0 Å². The summed E-state index contributed by atoms with van der Waals surface area (Å²) in [6, 6.07) is 0. The fourth-order valence-electron chi connectivity index (χ4n) is 1.08. The van der Waals surface area contributed by atoms with Gasteiger partial charge in [-0.05, 0) is 0 Å². The number of rotatable bonds is 2. The fraction of sp³-hybridized carbons (Fsp3) is 0.800. The van der Waals surface area contributed by atoms with E-state index in [4.69, 9.17) is 25.5 Å². The van der Waals surface area contributed by atoms with E-state index in [1.165, 1.54) is 0 Å². The van der Waals surface area contributed by atoms with Crippen molar-refractivity contribution < 1.29 is 34.4 Å². The Hall–Kier alpha value is -0.180. The molecule has 0 bridgehead atoms. The SMILES string of the molecule is NC1O[C@H](C(=O)[P+](O)(O)O)[C@@H](O)[C@H]1O. The van der Waals surface area contributed by atoms with Crippen molar-refractivity contribution in [3.05, 3.63) is 0 Å². The highest BCUT2D eigenvalue weighted by Crippen LogP contribution is 2.48. The van der Waals surface area contributed by atoms with Gasteiger partial charge >= 0.3 is 13.5 Å². The van der Waals surface area contributed by atoms with Gasteiger partial charge in [0.15, 0.2) is 6.10 Å². The van der Waals surface area contributed by atoms with E-state index in [0.29, 0.717) is 0 Å². The summed E-state index contributed by atoms with van der Waals surface area (Å²) in [5.41, 5.74) is 3.65. The van der Waals surface area contributed by atoms with E-state index in [0.717, 1.165) is 0 Å². The van der Waals surface area contributed by atoms with Crippen molar-refractivity contribution in [3.8, 4) is 0 Å². The van der Waals surface area contributed by atoms with Gasteiger partial charge in [-0.3, -0.25) is 0 Å². The minimum absolute atomic E-state index is 1.30. The Labute approximate surface area is 79.1 Å². The van der Waals surface area contributed by atoms with Crippen molar-refractivity contribution in [1.29, 1.82) is 0 Å². The van der Waals surface area contributed by atoms with E-state index in [9.17, 15) is 9.90 Å². The second-order valence-electron chi connectivity index (χ2n) is 2.91. The molecule has 0 amide bonds. The smallest absolute Gasteiger partial charge is 0.387 e. The van der Waals surface area contributed by atoms with Crippen LogP contribution in [0.1, 0.15) is 0 Å². The molecular weight excluding hydrogens is 217 g/mol. The molecule has 0 spiro atoms. The molecule has 4 atom stereocenters. The molecular formula is C5H11NO7P+. The second-order valence-corrected chi connectivity index (χ2v) is 4.49. The van der Waals surface area contributed by atoms with Crippen molar-refractivity contribution in [1.82, 2.24) is 0 Å². The van der Waals surface area contributed by atoms with Gasteiger partial charge in [-0.25, -0.2) is 4.79 Å². The van der Waals surface area contributed by atoms with E-state index in [-0.39, 0.29) is 0 Å². The standard InChI is InChI=1S/C5H11NO7P/c6-4-2(8)1(7)3(13-4)5(9)14(10,11)12/h1-4,7-8,10-12H,6H2/q+1/t1-,2+,3-,4?/m0/s1. The number of carbonyl (C=O) groups is 1. The largest absolute Gasteiger partial charge is 0.481 e. The van der Waals surface area contributed by atoms with Gasteiger partial charge in [-0.15, -0.1) is 0 Å². The van der Waals surface area contributed by atoms with Crippen molar-refractivity contribution in [2.75, 3.05) is 0 Å². The van der Waals surface area contributed by atoms with Crippen molar-refractivity contribution in [3.63, 3.8) is 0 Å². The summed E-state index contributed by atoms with van der Waals surface area (Å²) in [6.45, 7) is 0. The molecule has 0 radical (unpaired) electrons. The first-order valence-electron chi connectivity index (χ1n) is 3.64. The number of hydrogen-bond donors (Lipinski definition) is 6. The highest BCUT2D eigenvalue weighted by atomic mass is 31.2. The van der Waals surface area contributed by atoms with Gasteiger partial charge in [0.05, 0.1) is 0 Å². The topological polar surface area (TPSA) is 153 Å². The van der Waals surface area contributed by atoms with Gasteiger partial charge in [0.25, 0.3) is 0 Å². The van der Waals surface area contributed by atoms with Crippen LogP contribution in [-0.4, -0.2) is 55.0 Å². The number of carbonyl (C=O) groups excluding carboxylic acids is 1. The van der Waals surface area contributed by atoms with Crippen LogP contribution < -0.4 is 5.73 Å².